The van der Waals surface area contributed by atoms with E-state index in [1.807, 2.05) is 0 Å². The summed E-state index contributed by atoms with van der Waals surface area (Å²) in [6, 6.07) is 4.45. The molecule has 1 saturated carbocycles. The summed E-state index contributed by atoms with van der Waals surface area (Å²) in [5.74, 6) is 0.601. The number of amides is 1. The van der Waals surface area contributed by atoms with E-state index in [0.29, 0.717) is 5.92 Å². The Bertz CT molecular complexity index is 611. The minimum Gasteiger partial charge on any atom is -0.410 e. The minimum absolute atomic E-state index is 0.0704. The van der Waals surface area contributed by atoms with Crippen molar-refractivity contribution < 1.29 is 22.7 Å². The average molecular weight is 400 g/mol. The molecular weight excluding hydrogens is 369 g/mol. The Morgan fingerprint density at radius 3 is 2.32 bits per heavy atom. The van der Waals surface area contributed by atoms with E-state index in [2.05, 4.69) is 6.92 Å². The lowest BCUT2D eigenvalue weighted by Gasteiger charge is -2.36. The van der Waals surface area contributed by atoms with Crippen LogP contribution in [-0.2, 0) is 6.18 Å². The van der Waals surface area contributed by atoms with Gasteiger partial charge in [0.25, 0.3) is 0 Å². The molecule has 0 saturated heterocycles. The van der Waals surface area contributed by atoms with Gasteiger partial charge in [0.1, 0.15) is 5.75 Å². The van der Waals surface area contributed by atoms with Crippen molar-refractivity contribution in [2.75, 3.05) is 7.05 Å². The van der Waals surface area contributed by atoms with Crippen LogP contribution in [0.1, 0.15) is 63.9 Å². The molecule has 0 radical (unpaired) electrons. The quantitative estimate of drug-likeness (QED) is 0.606. The first kappa shape index (κ1) is 22.5. The summed E-state index contributed by atoms with van der Waals surface area (Å²) in [7, 11) is 1.68. The molecule has 1 aliphatic carbocycles. The summed E-state index contributed by atoms with van der Waals surface area (Å²) < 4.78 is 43.0. The van der Waals surface area contributed by atoms with E-state index in [1.165, 1.54) is 25.0 Å². The number of nitrogens with zero attached hydrogens (tertiary/aromatic N) is 1. The van der Waals surface area contributed by atoms with Gasteiger partial charge in [-0.15, -0.1) is 0 Å². The molecule has 1 amide bonds. The second-order valence-electron chi connectivity index (χ2n) is 7.73. The molecule has 0 aliphatic heterocycles. The summed E-state index contributed by atoms with van der Waals surface area (Å²) in [5, 5.41) is 0. The summed E-state index contributed by atoms with van der Waals surface area (Å²) in [5.41, 5.74) is 5.56. The van der Waals surface area contributed by atoms with E-state index in [-0.39, 0.29) is 17.8 Å². The van der Waals surface area contributed by atoms with Crippen LogP contribution in [0.3, 0.4) is 0 Å². The Hall–Kier alpha value is -1.76. The Morgan fingerprint density at radius 1 is 1.18 bits per heavy atom. The van der Waals surface area contributed by atoms with Crippen molar-refractivity contribution >= 4 is 6.09 Å². The van der Waals surface area contributed by atoms with Crippen molar-refractivity contribution in [2.24, 2.45) is 11.7 Å². The first-order valence-electron chi connectivity index (χ1n) is 10.1. The van der Waals surface area contributed by atoms with Gasteiger partial charge in [0.15, 0.2) is 0 Å². The lowest BCUT2D eigenvalue weighted by atomic mass is 9.80. The van der Waals surface area contributed by atoms with E-state index in [1.54, 1.807) is 11.9 Å². The molecule has 1 aliphatic rings. The summed E-state index contributed by atoms with van der Waals surface area (Å²) in [6.07, 6.45) is 3.35. The zero-order chi connectivity index (χ0) is 20.7. The van der Waals surface area contributed by atoms with Gasteiger partial charge in [-0.25, -0.2) is 4.79 Å². The number of halogens is 3. The van der Waals surface area contributed by atoms with Crippen molar-refractivity contribution in [3.8, 4) is 5.75 Å². The normalized spacial score (nSPS) is 21.2. The molecule has 0 spiro atoms. The monoisotopic (exact) mass is 400 g/mol. The molecule has 4 nitrogen and oxygen atoms in total. The number of hydrogen-bond donors (Lipinski definition) is 1. The molecule has 158 valence electrons. The lowest BCUT2D eigenvalue weighted by molar-refractivity contribution is -0.137. The van der Waals surface area contributed by atoms with Crippen LogP contribution in [0.15, 0.2) is 24.3 Å². The number of carbonyl (C=O) groups excluding carboxylic acids is 1. The highest BCUT2D eigenvalue weighted by Gasteiger charge is 2.31. The molecule has 7 heteroatoms. The van der Waals surface area contributed by atoms with Gasteiger partial charge in [-0.05, 0) is 62.3 Å². The van der Waals surface area contributed by atoms with Crippen molar-refractivity contribution in [2.45, 2.75) is 76.6 Å². The number of carbonyl (C=O) groups is 1. The largest absolute Gasteiger partial charge is 0.416 e. The van der Waals surface area contributed by atoms with Crippen molar-refractivity contribution in [3.63, 3.8) is 0 Å². The van der Waals surface area contributed by atoms with E-state index in [0.717, 1.165) is 50.7 Å². The highest BCUT2D eigenvalue weighted by Crippen LogP contribution is 2.32. The number of benzene rings is 1. The van der Waals surface area contributed by atoms with Crippen molar-refractivity contribution in [3.05, 3.63) is 29.8 Å². The van der Waals surface area contributed by atoms with Gasteiger partial charge in [0.05, 0.1) is 5.56 Å². The SMILES string of the molecule is CCCCCC(N)C1CCC(N(C)C(=O)Oc2ccc(C(F)(F)F)cc2)CC1. The third kappa shape index (κ3) is 6.40. The zero-order valence-corrected chi connectivity index (χ0v) is 16.7. The van der Waals surface area contributed by atoms with Crippen LogP contribution in [0.5, 0.6) is 5.75 Å². The number of unbranched alkanes of at least 4 members (excludes halogenated alkanes) is 2. The van der Waals surface area contributed by atoms with Crippen molar-refractivity contribution in [1.29, 1.82) is 0 Å². The fourth-order valence-corrected chi connectivity index (χ4v) is 3.82. The van der Waals surface area contributed by atoms with Gasteiger partial charge in [-0.3, -0.25) is 0 Å². The van der Waals surface area contributed by atoms with E-state index in [9.17, 15) is 18.0 Å². The molecule has 0 aromatic heterocycles. The molecule has 1 aromatic carbocycles. The Balaban J connectivity index is 1.81. The molecule has 1 fully saturated rings. The van der Waals surface area contributed by atoms with Gasteiger partial charge in [0.2, 0.25) is 0 Å². The predicted octanol–water partition coefficient (Wildman–Crippen LogP) is 5.60. The van der Waals surface area contributed by atoms with Crippen LogP contribution in [0, 0.1) is 5.92 Å². The van der Waals surface area contributed by atoms with E-state index in [4.69, 9.17) is 10.5 Å². The zero-order valence-electron chi connectivity index (χ0n) is 16.7. The van der Waals surface area contributed by atoms with Crippen LogP contribution in [-0.4, -0.2) is 30.1 Å². The number of hydrogen-bond acceptors (Lipinski definition) is 3. The average Bonchev–Trinajstić information content (AvgIpc) is 2.67. The topological polar surface area (TPSA) is 55.6 Å². The fourth-order valence-electron chi connectivity index (χ4n) is 3.82. The maximum atomic E-state index is 12.6. The van der Waals surface area contributed by atoms with E-state index < -0.39 is 17.8 Å². The summed E-state index contributed by atoms with van der Waals surface area (Å²) in [4.78, 5) is 13.9. The molecule has 2 rings (SSSR count). The molecule has 0 heterocycles. The van der Waals surface area contributed by atoms with Crippen LogP contribution >= 0.6 is 0 Å². The van der Waals surface area contributed by atoms with Gasteiger partial charge in [-0.2, -0.15) is 13.2 Å². The van der Waals surface area contributed by atoms with Crippen LogP contribution < -0.4 is 10.5 Å². The van der Waals surface area contributed by atoms with Gasteiger partial charge >= 0.3 is 12.3 Å². The first-order chi connectivity index (χ1) is 13.2. The van der Waals surface area contributed by atoms with Gasteiger partial charge in [-0.1, -0.05) is 26.2 Å². The molecule has 1 aromatic rings. The minimum atomic E-state index is -4.41. The third-order valence-electron chi connectivity index (χ3n) is 5.71. The van der Waals surface area contributed by atoms with Gasteiger partial charge < -0.3 is 15.4 Å². The number of ether oxygens (including phenoxy) is 1. The fraction of sp³-hybridized carbons (Fsp3) is 0.667. The number of rotatable bonds is 7. The summed E-state index contributed by atoms with van der Waals surface area (Å²) >= 11 is 0. The van der Waals surface area contributed by atoms with Crippen molar-refractivity contribution in [1.82, 2.24) is 4.90 Å². The van der Waals surface area contributed by atoms with Gasteiger partial charge in [0, 0.05) is 19.1 Å². The maximum Gasteiger partial charge on any atom is 0.416 e. The highest BCUT2D eigenvalue weighted by atomic mass is 19.4. The van der Waals surface area contributed by atoms with Crippen LogP contribution in [0.25, 0.3) is 0 Å². The molecule has 1 atom stereocenters. The molecule has 1 unspecified atom stereocenters. The molecule has 28 heavy (non-hydrogen) atoms. The Morgan fingerprint density at radius 2 is 1.79 bits per heavy atom. The second-order valence-corrected chi connectivity index (χ2v) is 7.73. The summed E-state index contributed by atoms with van der Waals surface area (Å²) in [6.45, 7) is 2.18. The Kier molecular flexibility index (Phi) is 8.16. The third-order valence-corrected chi connectivity index (χ3v) is 5.71. The highest BCUT2D eigenvalue weighted by molar-refractivity contribution is 5.70. The number of alkyl halides is 3. The van der Waals surface area contributed by atoms with E-state index >= 15 is 0 Å². The Labute approximate surface area is 165 Å². The standard InChI is InChI=1S/C21H31F3N2O2/c1-3-4-5-6-19(25)15-7-11-17(12-8-15)26(2)20(27)28-18-13-9-16(10-14-18)21(22,23)24/h9-10,13-15,17,19H,3-8,11-12,25H2,1-2H3. The molecule has 0 bridgehead atoms. The second kappa shape index (κ2) is 10.1. The smallest absolute Gasteiger partial charge is 0.410 e. The molecular formula is C21H31F3N2O2. The maximum absolute atomic E-state index is 12.6. The lowest BCUT2D eigenvalue weighted by Crippen LogP contribution is -2.43. The molecule has 2 N–H and O–H groups in total. The van der Waals surface area contributed by atoms with Crippen LogP contribution in [0.4, 0.5) is 18.0 Å². The van der Waals surface area contributed by atoms with Crippen LogP contribution in [0.2, 0.25) is 0 Å². The number of nitrogens with two attached hydrogens (primary N) is 1. The first-order valence-corrected chi connectivity index (χ1v) is 10.1. The predicted molar refractivity (Wildman–Crippen MR) is 103 cm³/mol.